The van der Waals surface area contributed by atoms with E-state index in [0.29, 0.717) is 6.04 Å². The van der Waals surface area contributed by atoms with E-state index in [-0.39, 0.29) is 0 Å². The molecule has 1 aliphatic rings. The molecule has 0 fully saturated rings. The number of nitriles is 1. The monoisotopic (exact) mass is 237 g/mol. The predicted octanol–water partition coefficient (Wildman–Crippen LogP) is 2.99. The molecule has 1 aliphatic heterocycles. The molecule has 0 N–H and O–H groups in total. The molecule has 0 radical (unpaired) electrons. The van der Waals surface area contributed by atoms with Crippen molar-refractivity contribution in [3.8, 4) is 6.07 Å². The summed E-state index contributed by atoms with van der Waals surface area (Å²) < 4.78 is 2.34. The largest absolute Gasteiger partial charge is 0.325 e. The van der Waals surface area contributed by atoms with Crippen LogP contribution in [0.15, 0.2) is 30.5 Å². The second kappa shape index (κ2) is 4.30. The second-order valence-electron chi connectivity index (χ2n) is 4.81. The summed E-state index contributed by atoms with van der Waals surface area (Å²) >= 11 is 0. The molecule has 1 unspecified atom stereocenters. The van der Waals surface area contributed by atoms with Gasteiger partial charge < -0.3 is 4.57 Å². The minimum absolute atomic E-state index is 0.379. The number of nitrogens with zero attached hydrogens (tertiary/aromatic N) is 3. The van der Waals surface area contributed by atoms with Crippen LogP contribution in [-0.2, 0) is 6.42 Å². The van der Waals surface area contributed by atoms with Gasteiger partial charge in [-0.3, -0.25) is 0 Å². The Bertz CT molecular complexity index is 602. The highest BCUT2D eigenvalue weighted by Crippen LogP contribution is 2.31. The third-order valence-corrected chi connectivity index (χ3v) is 3.71. The first kappa shape index (κ1) is 11.0. The summed E-state index contributed by atoms with van der Waals surface area (Å²) in [5, 5.41) is 8.84. The Morgan fingerprint density at radius 3 is 2.83 bits per heavy atom. The molecule has 0 saturated carbocycles. The van der Waals surface area contributed by atoms with Crippen molar-refractivity contribution in [2.75, 3.05) is 0 Å². The summed E-state index contributed by atoms with van der Waals surface area (Å²) in [6.07, 6.45) is 5.46. The number of imidazole rings is 1. The van der Waals surface area contributed by atoms with Crippen LogP contribution in [-0.4, -0.2) is 9.55 Å². The zero-order chi connectivity index (χ0) is 12.5. The van der Waals surface area contributed by atoms with E-state index in [1.54, 1.807) is 0 Å². The fraction of sp³-hybridized carbons (Fsp3) is 0.333. The molecular weight excluding hydrogens is 222 g/mol. The summed E-state index contributed by atoms with van der Waals surface area (Å²) in [4.78, 5) is 4.42. The van der Waals surface area contributed by atoms with E-state index < -0.39 is 0 Å². The number of fused-ring (bicyclic) bond motifs is 1. The lowest BCUT2D eigenvalue weighted by Crippen LogP contribution is -2.19. The molecule has 2 heterocycles. The third-order valence-electron chi connectivity index (χ3n) is 3.71. The zero-order valence-corrected chi connectivity index (χ0v) is 10.4. The molecule has 0 saturated heterocycles. The smallest absolute Gasteiger partial charge is 0.106 e. The number of aryl methyl sites for hydroxylation is 2. The van der Waals surface area contributed by atoms with Gasteiger partial charge in [0.1, 0.15) is 5.82 Å². The van der Waals surface area contributed by atoms with E-state index in [1.807, 2.05) is 18.3 Å². The summed E-state index contributed by atoms with van der Waals surface area (Å²) in [6, 6.07) is 10.5. The average molecular weight is 237 g/mol. The van der Waals surface area contributed by atoms with Crippen molar-refractivity contribution in [3.63, 3.8) is 0 Å². The van der Waals surface area contributed by atoms with Gasteiger partial charge >= 0.3 is 0 Å². The van der Waals surface area contributed by atoms with Gasteiger partial charge in [0.15, 0.2) is 0 Å². The molecular formula is C15H15N3. The topological polar surface area (TPSA) is 41.6 Å². The molecule has 90 valence electrons. The highest BCUT2D eigenvalue weighted by atomic mass is 15.1. The van der Waals surface area contributed by atoms with E-state index in [0.717, 1.165) is 24.2 Å². The van der Waals surface area contributed by atoms with E-state index >= 15 is 0 Å². The van der Waals surface area contributed by atoms with Crippen molar-refractivity contribution in [3.05, 3.63) is 53.1 Å². The molecule has 0 bridgehead atoms. The Hall–Kier alpha value is -2.08. The number of hydrogen-bond acceptors (Lipinski definition) is 2. The van der Waals surface area contributed by atoms with Crippen molar-refractivity contribution < 1.29 is 0 Å². The molecule has 3 rings (SSSR count). The standard InChI is InChI=1S/C15H15N3/c1-11-17-10-14-3-2-4-15(18(11)14)13-7-5-12(9-16)6-8-13/h5-8,10,15H,2-4H2,1H3. The van der Waals surface area contributed by atoms with Gasteiger partial charge in [0.25, 0.3) is 0 Å². The van der Waals surface area contributed by atoms with Crippen molar-refractivity contribution >= 4 is 0 Å². The fourth-order valence-electron chi connectivity index (χ4n) is 2.81. The summed E-state index contributed by atoms with van der Waals surface area (Å²) in [7, 11) is 0. The maximum Gasteiger partial charge on any atom is 0.106 e. The first-order valence-electron chi connectivity index (χ1n) is 6.32. The van der Waals surface area contributed by atoms with Crippen molar-refractivity contribution in [1.29, 1.82) is 5.26 Å². The van der Waals surface area contributed by atoms with Gasteiger partial charge in [-0.15, -0.1) is 0 Å². The van der Waals surface area contributed by atoms with Gasteiger partial charge in [-0.05, 0) is 43.9 Å². The lowest BCUT2D eigenvalue weighted by Gasteiger charge is -2.27. The predicted molar refractivity (Wildman–Crippen MR) is 69.2 cm³/mol. The quantitative estimate of drug-likeness (QED) is 0.765. The van der Waals surface area contributed by atoms with Crippen LogP contribution in [0.2, 0.25) is 0 Å². The fourth-order valence-corrected chi connectivity index (χ4v) is 2.81. The minimum atomic E-state index is 0.379. The number of hydrogen-bond donors (Lipinski definition) is 0. The van der Waals surface area contributed by atoms with E-state index in [1.165, 1.54) is 17.7 Å². The molecule has 1 aromatic heterocycles. The van der Waals surface area contributed by atoms with Crippen LogP contribution in [0.5, 0.6) is 0 Å². The molecule has 1 atom stereocenters. The summed E-state index contributed by atoms with van der Waals surface area (Å²) in [5.41, 5.74) is 3.32. The molecule has 3 nitrogen and oxygen atoms in total. The molecule has 3 heteroatoms. The molecule has 0 aliphatic carbocycles. The van der Waals surface area contributed by atoms with Gasteiger partial charge in [-0.2, -0.15) is 5.26 Å². The van der Waals surface area contributed by atoms with Crippen LogP contribution < -0.4 is 0 Å². The van der Waals surface area contributed by atoms with Crippen LogP contribution in [0.25, 0.3) is 0 Å². The van der Waals surface area contributed by atoms with E-state index in [4.69, 9.17) is 5.26 Å². The molecule has 18 heavy (non-hydrogen) atoms. The molecule has 1 aromatic carbocycles. The Kier molecular flexibility index (Phi) is 2.64. The van der Waals surface area contributed by atoms with Crippen molar-refractivity contribution in [2.24, 2.45) is 0 Å². The number of rotatable bonds is 1. The Morgan fingerprint density at radius 2 is 2.11 bits per heavy atom. The molecule has 0 spiro atoms. The first-order valence-corrected chi connectivity index (χ1v) is 6.32. The highest BCUT2D eigenvalue weighted by Gasteiger charge is 2.22. The third kappa shape index (κ3) is 1.70. The van der Waals surface area contributed by atoms with Crippen LogP contribution in [0.4, 0.5) is 0 Å². The zero-order valence-electron chi connectivity index (χ0n) is 10.4. The van der Waals surface area contributed by atoms with Crippen LogP contribution >= 0.6 is 0 Å². The van der Waals surface area contributed by atoms with Gasteiger partial charge in [0.2, 0.25) is 0 Å². The maximum absolute atomic E-state index is 8.84. The summed E-state index contributed by atoms with van der Waals surface area (Å²) in [6.45, 7) is 2.06. The molecule has 0 amide bonds. The lowest BCUT2D eigenvalue weighted by molar-refractivity contribution is 0.449. The van der Waals surface area contributed by atoms with Crippen molar-refractivity contribution in [2.45, 2.75) is 32.2 Å². The van der Waals surface area contributed by atoms with Gasteiger partial charge in [-0.1, -0.05) is 12.1 Å². The van der Waals surface area contributed by atoms with Crippen LogP contribution in [0, 0.1) is 18.3 Å². The Balaban J connectivity index is 2.02. The van der Waals surface area contributed by atoms with Crippen LogP contribution in [0.3, 0.4) is 0 Å². The number of aromatic nitrogens is 2. The number of benzene rings is 1. The van der Waals surface area contributed by atoms with Crippen molar-refractivity contribution in [1.82, 2.24) is 9.55 Å². The normalized spacial score (nSPS) is 18.1. The lowest BCUT2D eigenvalue weighted by atomic mass is 9.95. The highest BCUT2D eigenvalue weighted by molar-refractivity contribution is 5.34. The maximum atomic E-state index is 8.84. The average Bonchev–Trinajstić information content (AvgIpc) is 2.81. The second-order valence-corrected chi connectivity index (χ2v) is 4.81. The summed E-state index contributed by atoms with van der Waals surface area (Å²) in [5.74, 6) is 1.08. The van der Waals surface area contributed by atoms with E-state index in [2.05, 4.69) is 34.7 Å². The Morgan fingerprint density at radius 1 is 1.33 bits per heavy atom. The first-order chi connectivity index (χ1) is 8.79. The van der Waals surface area contributed by atoms with Gasteiger partial charge in [0.05, 0.1) is 17.7 Å². The molecule has 2 aromatic rings. The van der Waals surface area contributed by atoms with Crippen LogP contribution in [0.1, 0.15) is 41.5 Å². The van der Waals surface area contributed by atoms with E-state index in [9.17, 15) is 0 Å². The Labute approximate surface area is 107 Å². The minimum Gasteiger partial charge on any atom is -0.325 e. The SMILES string of the molecule is Cc1ncc2n1C(c1ccc(C#N)cc1)CCC2. The van der Waals surface area contributed by atoms with Gasteiger partial charge in [-0.25, -0.2) is 4.98 Å². The van der Waals surface area contributed by atoms with Gasteiger partial charge in [0, 0.05) is 11.9 Å².